The molecule has 0 amide bonds. The van der Waals surface area contributed by atoms with Crippen molar-refractivity contribution >= 4 is 10.0 Å². The topological polar surface area (TPSA) is 81.9 Å². The summed E-state index contributed by atoms with van der Waals surface area (Å²) >= 11 is 0. The second-order valence-corrected chi connectivity index (χ2v) is 10.3. The summed E-state index contributed by atoms with van der Waals surface area (Å²) in [4.78, 5) is 0.180. The number of aryl methyl sites for hydroxylation is 2. The second kappa shape index (κ2) is 7.11. The highest BCUT2D eigenvalue weighted by Gasteiger charge is 2.51. The minimum absolute atomic E-state index is 0.0550. The SMILES string of the molecule is Cc1noc(C)c1S(=O)(=O)N1C[C@@H](COCC2CC2)[C@@H]2COc3ccccc3[C@@H]21. The molecule has 0 bridgehead atoms. The summed E-state index contributed by atoms with van der Waals surface area (Å²) in [6.07, 6.45) is 2.47. The summed E-state index contributed by atoms with van der Waals surface area (Å²) in [5, 5.41) is 3.87. The standard InChI is InChI=1S/C21H26N2O5S/c1-13-21(14(2)28-22-13)29(24,25)23-9-16(11-26-10-15-7-8-15)18-12-27-19-6-4-3-5-17(19)20(18)23/h3-6,15-16,18,20H,7-12H2,1-2H3/t16-,18-,20-/m0/s1. The van der Waals surface area contributed by atoms with Crippen molar-refractivity contribution in [2.24, 2.45) is 17.8 Å². The number of sulfonamides is 1. The summed E-state index contributed by atoms with van der Waals surface area (Å²) in [5.74, 6) is 1.90. The van der Waals surface area contributed by atoms with E-state index in [9.17, 15) is 8.42 Å². The normalized spacial score (nSPS) is 26.8. The fourth-order valence-corrected chi connectivity index (χ4v) is 6.66. The fourth-order valence-electron chi connectivity index (χ4n) is 4.66. The van der Waals surface area contributed by atoms with Crippen LogP contribution in [0.3, 0.4) is 0 Å². The number of rotatable bonds is 6. The monoisotopic (exact) mass is 418 g/mol. The van der Waals surface area contributed by atoms with Gasteiger partial charge in [0.1, 0.15) is 16.3 Å². The Kier molecular flexibility index (Phi) is 4.68. The van der Waals surface area contributed by atoms with Crippen LogP contribution in [0.25, 0.3) is 0 Å². The van der Waals surface area contributed by atoms with Crippen LogP contribution in [0.2, 0.25) is 0 Å². The molecule has 156 valence electrons. The zero-order valence-electron chi connectivity index (χ0n) is 16.7. The van der Waals surface area contributed by atoms with E-state index in [0.717, 1.165) is 17.9 Å². The predicted octanol–water partition coefficient (Wildman–Crippen LogP) is 3.09. The van der Waals surface area contributed by atoms with Crippen molar-refractivity contribution in [1.82, 2.24) is 9.46 Å². The van der Waals surface area contributed by atoms with E-state index in [0.29, 0.717) is 37.1 Å². The van der Waals surface area contributed by atoms with Gasteiger partial charge in [0.2, 0.25) is 10.0 Å². The minimum atomic E-state index is -3.77. The first-order chi connectivity index (χ1) is 14.0. The molecule has 1 saturated carbocycles. The van der Waals surface area contributed by atoms with Gasteiger partial charge in [-0.2, -0.15) is 4.31 Å². The van der Waals surface area contributed by atoms with Crippen molar-refractivity contribution < 1.29 is 22.4 Å². The molecule has 3 heterocycles. The van der Waals surface area contributed by atoms with Gasteiger partial charge in [-0.1, -0.05) is 23.4 Å². The van der Waals surface area contributed by atoms with Gasteiger partial charge in [0.15, 0.2) is 5.76 Å². The molecule has 8 heteroatoms. The predicted molar refractivity (Wildman–Crippen MR) is 105 cm³/mol. The van der Waals surface area contributed by atoms with E-state index in [4.69, 9.17) is 14.0 Å². The van der Waals surface area contributed by atoms with Gasteiger partial charge in [0.05, 0.1) is 19.3 Å². The summed E-state index contributed by atoms with van der Waals surface area (Å²) < 4.78 is 46.1. The Bertz CT molecular complexity index is 994. The summed E-state index contributed by atoms with van der Waals surface area (Å²) in [6, 6.07) is 7.45. The molecule has 0 spiro atoms. The molecule has 0 N–H and O–H groups in total. The first-order valence-electron chi connectivity index (χ1n) is 10.2. The van der Waals surface area contributed by atoms with E-state index in [1.807, 2.05) is 24.3 Å². The fraction of sp³-hybridized carbons (Fsp3) is 0.571. The molecule has 1 aliphatic carbocycles. The van der Waals surface area contributed by atoms with Gasteiger partial charge in [-0.05, 0) is 38.7 Å². The van der Waals surface area contributed by atoms with Gasteiger partial charge >= 0.3 is 0 Å². The van der Waals surface area contributed by atoms with Gasteiger partial charge in [0.25, 0.3) is 0 Å². The lowest BCUT2D eigenvalue weighted by molar-refractivity contribution is 0.0645. The van der Waals surface area contributed by atoms with Crippen LogP contribution in [-0.2, 0) is 14.8 Å². The van der Waals surface area contributed by atoms with Gasteiger partial charge in [-0.15, -0.1) is 0 Å². The summed E-state index contributed by atoms with van der Waals surface area (Å²) in [5.41, 5.74) is 1.32. The lowest BCUT2D eigenvalue weighted by Crippen LogP contribution is -2.35. The van der Waals surface area contributed by atoms with Crippen LogP contribution >= 0.6 is 0 Å². The Hall–Kier alpha value is -1.90. The minimum Gasteiger partial charge on any atom is -0.493 e. The molecule has 0 radical (unpaired) electrons. The number of para-hydroxylation sites is 1. The number of hydrogen-bond acceptors (Lipinski definition) is 6. The molecule has 1 aromatic carbocycles. The van der Waals surface area contributed by atoms with Gasteiger partial charge in [-0.3, -0.25) is 0 Å². The molecule has 0 unspecified atom stereocenters. The van der Waals surface area contributed by atoms with Crippen LogP contribution in [-0.4, -0.2) is 44.2 Å². The van der Waals surface area contributed by atoms with Crippen LogP contribution in [0, 0.1) is 31.6 Å². The molecule has 29 heavy (non-hydrogen) atoms. The summed E-state index contributed by atoms with van der Waals surface area (Å²) in [7, 11) is -3.77. The van der Waals surface area contributed by atoms with Crippen LogP contribution in [0.1, 0.15) is 35.9 Å². The Morgan fingerprint density at radius 1 is 1.21 bits per heavy atom. The van der Waals surface area contributed by atoms with Gasteiger partial charge in [-0.25, -0.2) is 8.42 Å². The van der Waals surface area contributed by atoms with Crippen molar-refractivity contribution in [2.75, 3.05) is 26.4 Å². The number of ether oxygens (including phenoxy) is 2. The number of benzene rings is 1. The number of aromatic nitrogens is 1. The molecule has 1 saturated heterocycles. The maximum Gasteiger partial charge on any atom is 0.249 e. The van der Waals surface area contributed by atoms with Crippen LogP contribution < -0.4 is 4.74 Å². The Balaban J connectivity index is 1.51. The zero-order chi connectivity index (χ0) is 20.2. The molecule has 3 atom stereocenters. The van der Waals surface area contributed by atoms with Crippen LogP contribution in [0.5, 0.6) is 5.75 Å². The van der Waals surface area contributed by atoms with E-state index in [1.54, 1.807) is 18.2 Å². The van der Waals surface area contributed by atoms with Crippen molar-refractivity contribution in [1.29, 1.82) is 0 Å². The van der Waals surface area contributed by atoms with E-state index >= 15 is 0 Å². The molecule has 7 nitrogen and oxygen atoms in total. The highest BCUT2D eigenvalue weighted by molar-refractivity contribution is 7.89. The Morgan fingerprint density at radius 2 is 2.00 bits per heavy atom. The molecule has 1 aromatic heterocycles. The first-order valence-corrected chi connectivity index (χ1v) is 11.6. The molecule has 2 aromatic rings. The smallest absolute Gasteiger partial charge is 0.249 e. The molecule has 2 aliphatic heterocycles. The molecular weight excluding hydrogens is 392 g/mol. The molecule has 2 fully saturated rings. The largest absolute Gasteiger partial charge is 0.493 e. The van der Waals surface area contributed by atoms with E-state index in [2.05, 4.69) is 5.16 Å². The third kappa shape index (κ3) is 3.27. The van der Waals surface area contributed by atoms with E-state index < -0.39 is 10.0 Å². The zero-order valence-corrected chi connectivity index (χ0v) is 17.5. The maximum absolute atomic E-state index is 13.7. The van der Waals surface area contributed by atoms with Gasteiger partial charge in [0, 0.05) is 30.6 Å². The molecular formula is C21H26N2O5S. The summed E-state index contributed by atoms with van der Waals surface area (Å²) in [6.45, 7) is 5.54. The van der Waals surface area contributed by atoms with Crippen molar-refractivity contribution in [3.8, 4) is 5.75 Å². The average molecular weight is 419 g/mol. The van der Waals surface area contributed by atoms with E-state index in [-0.39, 0.29) is 22.8 Å². The second-order valence-electron chi connectivity index (χ2n) is 8.43. The van der Waals surface area contributed by atoms with Crippen molar-refractivity contribution in [3.05, 3.63) is 41.3 Å². The molecule has 5 rings (SSSR count). The average Bonchev–Trinajstić information content (AvgIpc) is 3.35. The van der Waals surface area contributed by atoms with Gasteiger partial charge < -0.3 is 14.0 Å². The number of hydrogen-bond donors (Lipinski definition) is 0. The van der Waals surface area contributed by atoms with E-state index in [1.165, 1.54) is 12.8 Å². The lowest BCUT2D eigenvalue weighted by atomic mass is 9.86. The van der Waals surface area contributed by atoms with Crippen molar-refractivity contribution in [2.45, 2.75) is 37.6 Å². The van der Waals surface area contributed by atoms with Crippen molar-refractivity contribution in [3.63, 3.8) is 0 Å². The highest BCUT2D eigenvalue weighted by Crippen LogP contribution is 2.49. The van der Waals surface area contributed by atoms with Crippen LogP contribution in [0.15, 0.2) is 33.7 Å². The lowest BCUT2D eigenvalue weighted by Gasteiger charge is -2.34. The number of nitrogens with zero attached hydrogens (tertiary/aromatic N) is 2. The van der Waals surface area contributed by atoms with Crippen LogP contribution in [0.4, 0.5) is 0 Å². The highest BCUT2D eigenvalue weighted by atomic mass is 32.2. The third-order valence-corrected chi connectivity index (χ3v) is 8.41. The third-order valence-electron chi connectivity index (χ3n) is 6.32. The number of fused-ring (bicyclic) bond motifs is 3. The first kappa shape index (κ1) is 19.1. The Morgan fingerprint density at radius 3 is 2.72 bits per heavy atom. The maximum atomic E-state index is 13.7. The quantitative estimate of drug-likeness (QED) is 0.717. The Labute approximate surface area is 171 Å². The molecule has 3 aliphatic rings.